The second-order valence-electron chi connectivity index (χ2n) is 8.86. The second-order valence-corrected chi connectivity index (χ2v) is 8.86. The van der Waals surface area contributed by atoms with Crippen molar-refractivity contribution in [1.29, 1.82) is 0 Å². The zero-order valence-corrected chi connectivity index (χ0v) is 13.8. The van der Waals surface area contributed by atoms with Gasteiger partial charge in [0.25, 0.3) is 0 Å². The van der Waals surface area contributed by atoms with Crippen LogP contribution in [0.2, 0.25) is 0 Å². The summed E-state index contributed by atoms with van der Waals surface area (Å²) in [6, 6.07) is 2.16. The molecule has 0 saturated heterocycles. The van der Waals surface area contributed by atoms with Crippen LogP contribution in [0.5, 0.6) is 0 Å². The van der Waals surface area contributed by atoms with Crippen LogP contribution < -0.4 is 0 Å². The van der Waals surface area contributed by atoms with E-state index in [0.29, 0.717) is 17.8 Å². The molecule has 0 aromatic carbocycles. The number of aliphatic hydroxyl groups is 2. The zero-order valence-electron chi connectivity index (χ0n) is 13.8. The Kier molecular flexibility index (Phi) is 2.68. The minimum Gasteiger partial charge on any atom is -0.465 e. The van der Waals surface area contributed by atoms with Crippen LogP contribution in [-0.2, 0) is 0 Å². The molecule has 6 atom stereocenters. The van der Waals surface area contributed by atoms with E-state index in [4.69, 9.17) is 4.42 Å². The standard InChI is InChI=1S/C20H26O3/c1-18-7-5-16-14(6-9-23-16)15(18)4-8-19-10-13(2-3-17(18)19)20(22,11-19)12-21/h5-7,9,13,15,17,21-22H,2-4,8,10-12H2,1H3/t13-,15-,17-,18-,19+,20+/m1/s1. The van der Waals surface area contributed by atoms with E-state index in [1.165, 1.54) is 18.4 Å². The molecule has 5 rings (SSSR count). The first kappa shape index (κ1) is 14.3. The average molecular weight is 314 g/mol. The smallest absolute Gasteiger partial charge is 0.129 e. The van der Waals surface area contributed by atoms with Gasteiger partial charge in [0.05, 0.1) is 18.5 Å². The van der Waals surface area contributed by atoms with Crippen LogP contribution in [-0.4, -0.2) is 22.4 Å². The Morgan fingerprint density at radius 1 is 1.30 bits per heavy atom. The van der Waals surface area contributed by atoms with Crippen molar-refractivity contribution < 1.29 is 14.6 Å². The first-order chi connectivity index (χ1) is 11.0. The molecule has 3 nitrogen and oxygen atoms in total. The molecule has 0 unspecified atom stereocenters. The molecule has 0 amide bonds. The van der Waals surface area contributed by atoms with Crippen molar-refractivity contribution in [1.82, 2.24) is 0 Å². The van der Waals surface area contributed by atoms with Gasteiger partial charge in [-0.2, -0.15) is 0 Å². The fourth-order valence-corrected chi connectivity index (χ4v) is 7.06. The van der Waals surface area contributed by atoms with Crippen molar-refractivity contribution in [2.45, 2.75) is 57.0 Å². The van der Waals surface area contributed by atoms with Crippen LogP contribution in [0.25, 0.3) is 6.08 Å². The van der Waals surface area contributed by atoms with Gasteiger partial charge in [0, 0.05) is 5.56 Å². The quantitative estimate of drug-likeness (QED) is 0.830. The lowest BCUT2D eigenvalue weighted by Gasteiger charge is -2.58. The summed E-state index contributed by atoms with van der Waals surface area (Å²) in [6.45, 7) is 2.35. The second kappa shape index (κ2) is 4.31. The Hall–Kier alpha value is -1.06. The first-order valence-electron chi connectivity index (χ1n) is 9.11. The van der Waals surface area contributed by atoms with Crippen LogP contribution in [0, 0.1) is 22.7 Å². The summed E-state index contributed by atoms with van der Waals surface area (Å²) in [5.41, 5.74) is 0.914. The van der Waals surface area contributed by atoms with Crippen molar-refractivity contribution in [3.05, 3.63) is 29.7 Å². The van der Waals surface area contributed by atoms with Crippen LogP contribution in [0.1, 0.15) is 62.7 Å². The molecule has 2 N–H and O–H groups in total. The molecule has 23 heavy (non-hydrogen) atoms. The Morgan fingerprint density at radius 3 is 3.00 bits per heavy atom. The monoisotopic (exact) mass is 314 g/mol. The molecular weight excluding hydrogens is 288 g/mol. The number of rotatable bonds is 1. The number of aliphatic hydroxyl groups excluding tert-OH is 1. The molecule has 3 fully saturated rings. The fourth-order valence-electron chi connectivity index (χ4n) is 7.06. The molecule has 0 radical (unpaired) electrons. The summed E-state index contributed by atoms with van der Waals surface area (Å²) >= 11 is 0. The maximum absolute atomic E-state index is 10.9. The van der Waals surface area contributed by atoms with Gasteiger partial charge in [-0.05, 0) is 79.3 Å². The molecule has 4 aliphatic carbocycles. The van der Waals surface area contributed by atoms with E-state index in [9.17, 15) is 10.2 Å². The van der Waals surface area contributed by atoms with E-state index in [2.05, 4.69) is 25.1 Å². The zero-order chi connectivity index (χ0) is 15.9. The van der Waals surface area contributed by atoms with Crippen molar-refractivity contribution in [3.8, 4) is 0 Å². The third kappa shape index (κ3) is 1.63. The van der Waals surface area contributed by atoms with Gasteiger partial charge in [0.15, 0.2) is 0 Å². The van der Waals surface area contributed by atoms with Gasteiger partial charge >= 0.3 is 0 Å². The number of fused-ring (bicyclic) bond motifs is 5. The molecule has 4 aliphatic rings. The number of furan rings is 1. The van der Waals surface area contributed by atoms with E-state index >= 15 is 0 Å². The van der Waals surface area contributed by atoms with E-state index < -0.39 is 5.60 Å². The van der Waals surface area contributed by atoms with Crippen molar-refractivity contribution in [2.75, 3.05) is 6.61 Å². The van der Waals surface area contributed by atoms with Gasteiger partial charge in [-0.3, -0.25) is 0 Å². The van der Waals surface area contributed by atoms with Crippen LogP contribution in [0.3, 0.4) is 0 Å². The van der Waals surface area contributed by atoms with Gasteiger partial charge < -0.3 is 14.6 Å². The summed E-state index contributed by atoms with van der Waals surface area (Å²) in [7, 11) is 0. The fraction of sp³-hybridized carbons (Fsp3) is 0.700. The number of allylic oxidation sites excluding steroid dienone is 1. The Balaban J connectivity index is 1.58. The third-order valence-corrected chi connectivity index (χ3v) is 8.02. The topological polar surface area (TPSA) is 53.6 Å². The summed E-state index contributed by atoms with van der Waals surface area (Å²) in [5, 5.41) is 20.7. The Labute approximate surface area is 137 Å². The number of hydrogen-bond acceptors (Lipinski definition) is 3. The Morgan fingerprint density at radius 2 is 2.17 bits per heavy atom. The normalized spacial score (nSPS) is 50.3. The van der Waals surface area contributed by atoms with E-state index in [0.717, 1.165) is 31.4 Å². The number of hydrogen-bond donors (Lipinski definition) is 2. The van der Waals surface area contributed by atoms with Crippen molar-refractivity contribution in [3.63, 3.8) is 0 Å². The molecule has 2 bridgehead atoms. The molecule has 124 valence electrons. The predicted octanol–water partition coefficient (Wildman–Crippen LogP) is 3.72. The molecule has 0 aliphatic heterocycles. The van der Waals surface area contributed by atoms with E-state index in [-0.39, 0.29) is 17.4 Å². The van der Waals surface area contributed by atoms with Gasteiger partial charge in [-0.15, -0.1) is 0 Å². The van der Waals surface area contributed by atoms with Gasteiger partial charge in [0.1, 0.15) is 5.76 Å². The molecule has 1 aromatic rings. The maximum Gasteiger partial charge on any atom is 0.129 e. The molecule has 1 spiro atoms. The minimum atomic E-state index is -0.836. The summed E-state index contributed by atoms with van der Waals surface area (Å²) in [6.07, 6.45) is 12.9. The predicted molar refractivity (Wildman–Crippen MR) is 87.7 cm³/mol. The lowest BCUT2D eigenvalue weighted by Crippen LogP contribution is -2.49. The lowest BCUT2D eigenvalue weighted by atomic mass is 9.46. The molecule has 3 saturated carbocycles. The highest BCUT2D eigenvalue weighted by Crippen LogP contribution is 2.71. The van der Waals surface area contributed by atoms with Gasteiger partial charge in [-0.25, -0.2) is 0 Å². The minimum absolute atomic E-state index is 0.0754. The van der Waals surface area contributed by atoms with Gasteiger partial charge in [0.2, 0.25) is 0 Å². The lowest BCUT2D eigenvalue weighted by molar-refractivity contribution is -0.0517. The highest BCUT2D eigenvalue weighted by atomic mass is 16.3. The summed E-state index contributed by atoms with van der Waals surface area (Å²) in [5.74, 6) is 2.47. The Bertz CT molecular complexity index is 676. The van der Waals surface area contributed by atoms with Crippen LogP contribution in [0.15, 0.2) is 22.8 Å². The molecule has 1 heterocycles. The SMILES string of the molecule is C[C@@]12C=Cc3occc3[C@H]1CC[C@@]13C[C@@H](CC[C@@H]12)[C@@](O)(CO)C3. The van der Waals surface area contributed by atoms with E-state index in [1.807, 2.05) is 6.26 Å². The van der Waals surface area contributed by atoms with Crippen LogP contribution in [0.4, 0.5) is 0 Å². The maximum atomic E-state index is 10.9. The summed E-state index contributed by atoms with van der Waals surface area (Å²) in [4.78, 5) is 0. The van der Waals surface area contributed by atoms with E-state index in [1.54, 1.807) is 0 Å². The molecular formula is C20H26O3. The third-order valence-electron chi connectivity index (χ3n) is 8.02. The highest BCUT2D eigenvalue weighted by Gasteiger charge is 2.65. The first-order valence-corrected chi connectivity index (χ1v) is 9.11. The molecule has 1 aromatic heterocycles. The average Bonchev–Trinajstić information content (AvgIpc) is 3.09. The van der Waals surface area contributed by atoms with Crippen LogP contribution >= 0.6 is 0 Å². The largest absolute Gasteiger partial charge is 0.465 e. The van der Waals surface area contributed by atoms with Crippen molar-refractivity contribution >= 4 is 6.08 Å². The molecule has 3 heteroatoms. The van der Waals surface area contributed by atoms with Crippen molar-refractivity contribution in [2.24, 2.45) is 22.7 Å². The highest BCUT2D eigenvalue weighted by molar-refractivity contribution is 5.55. The van der Waals surface area contributed by atoms with Gasteiger partial charge in [-0.1, -0.05) is 13.0 Å². The summed E-state index contributed by atoms with van der Waals surface area (Å²) < 4.78 is 5.64.